The van der Waals surface area contributed by atoms with E-state index >= 15 is 0 Å². The van der Waals surface area contributed by atoms with Crippen molar-refractivity contribution in [2.24, 2.45) is 10.7 Å². The fourth-order valence-electron chi connectivity index (χ4n) is 2.98. The summed E-state index contributed by atoms with van der Waals surface area (Å²) in [6.45, 7) is 1.70. The van der Waals surface area contributed by atoms with Gasteiger partial charge in [0.25, 0.3) is 11.8 Å². The zero-order chi connectivity index (χ0) is 17.6. The van der Waals surface area contributed by atoms with Crippen molar-refractivity contribution in [3.63, 3.8) is 0 Å². The molecule has 8 heteroatoms. The Balaban J connectivity index is 2.18. The van der Waals surface area contributed by atoms with Crippen LogP contribution in [-0.2, 0) is 9.59 Å². The van der Waals surface area contributed by atoms with E-state index in [4.69, 9.17) is 11.1 Å². The second-order valence-corrected chi connectivity index (χ2v) is 6.43. The summed E-state index contributed by atoms with van der Waals surface area (Å²) in [6, 6.07) is 9.12. The molecule has 2 heterocycles. The van der Waals surface area contributed by atoms with E-state index < -0.39 is 11.4 Å². The van der Waals surface area contributed by atoms with E-state index in [2.05, 4.69) is 4.99 Å². The lowest BCUT2D eigenvalue weighted by atomic mass is 9.84. The standard InChI is InChI=1S/C16H17N5O2S/c1-16-11(17)10(13(18)22)14(24-3)19-12(16)15(23)21(20(16)2)9-7-5-4-6-8-9/h4-8,17H,1-3H3,(H2,18,22). The minimum atomic E-state index is -1.14. The monoisotopic (exact) mass is 343 g/mol. The maximum Gasteiger partial charge on any atom is 0.289 e. The summed E-state index contributed by atoms with van der Waals surface area (Å²) in [6.07, 6.45) is 1.73. The molecule has 124 valence electrons. The van der Waals surface area contributed by atoms with Crippen molar-refractivity contribution in [2.75, 3.05) is 18.3 Å². The average Bonchev–Trinajstić information content (AvgIpc) is 2.76. The van der Waals surface area contributed by atoms with Gasteiger partial charge in [-0.25, -0.2) is 10.0 Å². The first-order valence-corrected chi connectivity index (χ1v) is 8.46. The number of thioether (sulfide) groups is 1. The van der Waals surface area contributed by atoms with Gasteiger partial charge in [-0.3, -0.25) is 9.59 Å². The third-order valence-electron chi connectivity index (χ3n) is 4.41. The molecule has 0 aromatic heterocycles. The van der Waals surface area contributed by atoms with Crippen LogP contribution >= 0.6 is 11.8 Å². The predicted octanol–water partition coefficient (Wildman–Crippen LogP) is 1.17. The fraction of sp³-hybridized carbons (Fsp3) is 0.250. The van der Waals surface area contributed by atoms with Crippen molar-refractivity contribution in [2.45, 2.75) is 12.5 Å². The summed E-state index contributed by atoms with van der Waals surface area (Å²) < 4.78 is 0. The molecule has 1 aromatic carbocycles. The molecule has 1 aromatic rings. The first kappa shape index (κ1) is 16.4. The number of carbonyl (C=O) groups excluding carboxylic acids is 2. The van der Waals surface area contributed by atoms with Gasteiger partial charge in [-0.1, -0.05) is 18.2 Å². The molecule has 0 spiro atoms. The van der Waals surface area contributed by atoms with E-state index in [1.165, 1.54) is 16.8 Å². The lowest BCUT2D eigenvalue weighted by molar-refractivity contribution is -0.114. The number of hydrogen-bond donors (Lipinski definition) is 2. The van der Waals surface area contributed by atoms with E-state index in [1.54, 1.807) is 37.4 Å². The van der Waals surface area contributed by atoms with E-state index in [0.29, 0.717) is 10.7 Å². The molecule has 2 amide bonds. The van der Waals surface area contributed by atoms with Crippen molar-refractivity contribution < 1.29 is 9.59 Å². The number of nitrogens with two attached hydrogens (primary N) is 1. The molecule has 0 saturated carbocycles. The average molecular weight is 343 g/mol. The molecule has 3 rings (SSSR count). The SMILES string of the molecule is CSC1=C(C(N)=O)C(=N)C2(C)C(=N1)C(=O)N(c1ccccc1)N2C. The highest BCUT2D eigenvalue weighted by Gasteiger charge is 2.57. The molecular formula is C16H17N5O2S. The summed E-state index contributed by atoms with van der Waals surface area (Å²) >= 11 is 1.20. The van der Waals surface area contributed by atoms with Crippen molar-refractivity contribution in [3.05, 3.63) is 40.9 Å². The topological polar surface area (TPSA) is 103 Å². The molecule has 24 heavy (non-hydrogen) atoms. The quantitative estimate of drug-likeness (QED) is 0.860. The van der Waals surface area contributed by atoms with Crippen molar-refractivity contribution >= 4 is 40.7 Å². The maximum atomic E-state index is 12.9. The summed E-state index contributed by atoms with van der Waals surface area (Å²) in [7, 11) is 1.70. The van der Waals surface area contributed by atoms with Gasteiger partial charge in [0.1, 0.15) is 16.3 Å². The molecule has 1 atom stereocenters. The minimum absolute atomic E-state index is 0.0152. The fourth-order valence-corrected chi connectivity index (χ4v) is 3.57. The molecule has 0 bridgehead atoms. The molecule has 2 aliphatic rings. The van der Waals surface area contributed by atoms with Crippen LogP contribution in [0, 0.1) is 5.41 Å². The van der Waals surface area contributed by atoms with E-state index in [-0.39, 0.29) is 22.9 Å². The summed E-state index contributed by atoms with van der Waals surface area (Å²) in [5.74, 6) is -1.03. The Morgan fingerprint density at radius 2 is 1.96 bits per heavy atom. The summed E-state index contributed by atoms with van der Waals surface area (Å²) in [4.78, 5) is 29.2. The van der Waals surface area contributed by atoms with Gasteiger partial charge in [0.05, 0.1) is 17.0 Å². The number of hydrazine groups is 1. The summed E-state index contributed by atoms with van der Waals surface area (Å²) in [5, 5.41) is 11.9. The van der Waals surface area contributed by atoms with Gasteiger partial charge in [0.15, 0.2) is 0 Å². The molecule has 0 radical (unpaired) electrons. The number of primary amides is 1. The molecule has 3 N–H and O–H groups in total. The van der Waals surface area contributed by atoms with Gasteiger partial charge in [-0.15, -0.1) is 11.8 Å². The van der Waals surface area contributed by atoms with Crippen molar-refractivity contribution in [1.82, 2.24) is 5.01 Å². The van der Waals surface area contributed by atoms with E-state index in [0.717, 1.165) is 0 Å². The molecule has 7 nitrogen and oxygen atoms in total. The number of aliphatic imine (C=N–C) groups is 1. The number of para-hydroxylation sites is 1. The Kier molecular flexibility index (Phi) is 3.81. The smallest absolute Gasteiger partial charge is 0.289 e. The number of benzene rings is 1. The number of fused-ring (bicyclic) bond motifs is 1. The van der Waals surface area contributed by atoms with E-state index in [9.17, 15) is 9.59 Å². The van der Waals surface area contributed by atoms with Crippen molar-refractivity contribution in [3.8, 4) is 0 Å². The number of rotatable bonds is 3. The first-order chi connectivity index (χ1) is 11.3. The third kappa shape index (κ3) is 2.03. The first-order valence-electron chi connectivity index (χ1n) is 7.24. The Labute approximate surface area is 143 Å². The van der Waals surface area contributed by atoms with Crippen LogP contribution in [0.5, 0.6) is 0 Å². The molecule has 0 aliphatic carbocycles. The highest BCUT2D eigenvalue weighted by atomic mass is 32.2. The molecule has 1 unspecified atom stereocenters. The second-order valence-electron chi connectivity index (χ2n) is 5.63. The minimum Gasteiger partial charge on any atom is -0.365 e. The molecule has 1 fully saturated rings. The third-order valence-corrected chi connectivity index (χ3v) is 5.09. The van der Waals surface area contributed by atoms with Crippen LogP contribution in [0.1, 0.15) is 6.92 Å². The largest absolute Gasteiger partial charge is 0.365 e. The zero-order valence-corrected chi connectivity index (χ0v) is 14.3. The lowest BCUT2D eigenvalue weighted by Gasteiger charge is -2.37. The van der Waals surface area contributed by atoms with Gasteiger partial charge in [0, 0.05) is 7.05 Å². The number of hydrogen-bond acceptors (Lipinski definition) is 6. The normalized spacial score (nSPS) is 24.3. The number of nitrogens with one attached hydrogen (secondary N) is 1. The highest BCUT2D eigenvalue weighted by molar-refractivity contribution is 8.02. The maximum absolute atomic E-state index is 12.9. The van der Waals surface area contributed by atoms with Crippen LogP contribution in [0.3, 0.4) is 0 Å². The lowest BCUT2D eigenvalue weighted by Crippen LogP contribution is -2.56. The van der Waals surface area contributed by atoms with Crippen LogP contribution in [0.4, 0.5) is 5.69 Å². The number of anilines is 1. The molecule has 2 aliphatic heterocycles. The zero-order valence-electron chi connectivity index (χ0n) is 13.5. The van der Waals surface area contributed by atoms with Crippen molar-refractivity contribution in [1.29, 1.82) is 5.41 Å². The summed E-state index contributed by atoms with van der Waals surface area (Å²) in [5.41, 5.74) is 5.24. The van der Waals surface area contributed by atoms with Crippen LogP contribution in [0.25, 0.3) is 0 Å². The predicted molar refractivity (Wildman–Crippen MR) is 95.0 cm³/mol. The van der Waals surface area contributed by atoms with Crippen LogP contribution in [0.15, 0.2) is 45.9 Å². The number of amides is 2. The van der Waals surface area contributed by atoms with E-state index in [1.807, 2.05) is 18.2 Å². The van der Waals surface area contributed by atoms with Crippen LogP contribution < -0.4 is 10.7 Å². The second kappa shape index (κ2) is 5.57. The number of nitrogens with zero attached hydrogens (tertiary/aromatic N) is 3. The highest BCUT2D eigenvalue weighted by Crippen LogP contribution is 2.39. The van der Waals surface area contributed by atoms with Gasteiger partial charge >= 0.3 is 0 Å². The van der Waals surface area contributed by atoms with Gasteiger partial charge in [0.2, 0.25) is 0 Å². The van der Waals surface area contributed by atoms with Crippen LogP contribution in [-0.4, -0.2) is 47.1 Å². The Morgan fingerprint density at radius 3 is 2.50 bits per heavy atom. The Hall–Kier alpha value is -2.45. The van der Waals surface area contributed by atoms with Gasteiger partial charge < -0.3 is 11.1 Å². The van der Waals surface area contributed by atoms with Gasteiger partial charge in [-0.2, -0.15) is 5.01 Å². The number of carbonyl (C=O) groups is 2. The van der Waals surface area contributed by atoms with Gasteiger partial charge in [-0.05, 0) is 25.3 Å². The Morgan fingerprint density at radius 1 is 1.33 bits per heavy atom. The Bertz CT molecular complexity index is 817. The molecule has 1 saturated heterocycles. The molecular weight excluding hydrogens is 326 g/mol. The van der Waals surface area contributed by atoms with Crippen LogP contribution in [0.2, 0.25) is 0 Å².